The molecular weight excluding hydrogens is 258 g/mol. The van der Waals surface area contributed by atoms with Crippen LogP contribution in [-0.2, 0) is 6.42 Å². The first-order valence-corrected chi connectivity index (χ1v) is 6.31. The van der Waals surface area contributed by atoms with Gasteiger partial charge in [-0.3, -0.25) is 0 Å². The normalized spacial score (nSPS) is 10.4. The minimum absolute atomic E-state index is 0.962. The van der Waals surface area contributed by atoms with E-state index in [0.29, 0.717) is 0 Å². The van der Waals surface area contributed by atoms with Crippen molar-refractivity contribution in [2.45, 2.75) is 12.8 Å². The molecule has 1 N–H and O–H groups in total. The SMILES string of the molecule is SCCCNCCc1cccc(Br)c1. The largest absolute Gasteiger partial charge is 0.316 e. The average Bonchev–Trinajstić information content (AvgIpc) is 2.18. The van der Waals surface area contributed by atoms with Gasteiger partial charge in [-0.2, -0.15) is 12.6 Å². The Morgan fingerprint density at radius 2 is 2.14 bits per heavy atom. The molecule has 0 radical (unpaired) electrons. The van der Waals surface area contributed by atoms with Crippen LogP contribution < -0.4 is 5.32 Å². The molecule has 3 heteroatoms. The predicted octanol–water partition coefficient (Wildman–Crippen LogP) is 2.90. The summed E-state index contributed by atoms with van der Waals surface area (Å²) in [5.74, 6) is 0.962. The Balaban J connectivity index is 2.18. The Bertz CT molecular complexity index is 265. The molecule has 1 rings (SSSR count). The molecular formula is C11H16BrNS. The van der Waals surface area contributed by atoms with Gasteiger partial charge in [0, 0.05) is 4.47 Å². The number of hydrogen-bond acceptors (Lipinski definition) is 2. The number of halogens is 1. The van der Waals surface area contributed by atoms with Gasteiger partial charge in [0.15, 0.2) is 0 Å². The van der Waals surface area contributed by atoms with E-state index >= 15 is 0 Å². The highest BCUT2D eigenvalue weighted by Crippen LogP contribution is 2.11. The molecule has 0 aliphatic rings. The van der Waals surface area contributed by atoms with Crippen LogP contribution in [0.2, 0.25) is 0 Å². The number of nitrogens with one attached hydrogen (secondary N) is 1. The molecule has 14 heavy (non-hydrogen) atoms. The molecule has 0 fully saturated rings. The second kappa shape index (κ2) is 7.32. The number of benzene rings is 1. The zero-order valence-electron chi connectivity index (χ0n) is 8.17. The van der Waals surface area contributed by atoms with Crippen LogP contribution in [0.25, 0.3) is 0 Å². The van der Waals surface area contributed by atoms with Crippen molar-refractivity contribution < 1.29 is 0 Å². The lowest BCUT2D eigenvalue weighted by atomic mass is 10.1. The number of thiol groups is 1. The molecule has 78 valence electrons. The molecule has 0 unspecified atom stereocenters. The van der Waals surface area contributed by atoms with Crippen molar-refractivity contribution in [1.82, 2.24) is 5.32 Å². The van der Waals surface area contributed by atoms with E-state index in [1.54, 1.807) is 0 Å². The van der Waals surface area contributed by atoms with Crippen molar-refractivity contribution in [2.24, 2.45) is 0 Å². The Kier molecular flexibility index (Phi) is 6.32. The van der Waals surface area contributed by atoms with E-state index in [2.05, 4.69) is 58.1 Å². The van der Waals surface area contributed by atoms with Gasteiger partial charge in [-0.15, -0.1) is 0 Å². The maximum absolute atomic E-state index is 4.16. The second-order valence-electron chi connectivity index (χ2n) is 3.21. The molecule has 0 atom stereocenters. The van der Waals surface area contributed by atoms with Crippen molar-refractivity contribution >= 4 is 28.6 Å². The summed E-state index contributed by atoms with van der Waals surface area (Å²) in [6, 6.07) is 8.45. The van der Waals surface area contributed by atoms with Crippen molar-refractivity contribution in [3.8, 4) is 0 Å². The van der Waals surface area contributed by atoms with Gasteiger partial charge in [-0.25, -0.2) is 0 Å². The predicted molar refractivity (Wildman–Crippen MR) is 69.2 cm³/mol. The minimum Gasteiger partial charge on any atom is -0.316 e. The maximum Gasteiger partial charge on any atom is 0.0178 e. The molecule has 0 aliphatic carbocycles. The van der Waals surface area contributed by atoms with E-state index in [0.717, 1.165) is 36.2 Å². The van der Waals surface area contributed by atoms with E-state index in [1.165, 1.54) is 5.56 Å². The quantitative estimate of drug-likeness (QED) is 0.600. The highest BCUT2D eigenvalue weighted by molar-refractivity contribution is 9.10. The van der Waals surface area contributed by atoms with Crippen LogP contribution in [0.5, 0.6) is 0 Å². The van der Waals surface area contributed by atoms with Crippen LogP contribution in [0, 0.1) is 0 Å². The average molecular weight is 274 g/mol. The number of rotatable bonds is 6. The van der Waals surface area contributed by atoms with E-state index < -0.39 is 0 Å². The third-order valence-electron chi connectivity index (χ3n) is 1.99. The molecule has 0 spiro atoms. The van der Waals surface area contributed by atoms with Crippen LogP contribution >= 0.6 is 28.6 Å². The zero-order valence-corrected chi connectivity index (χ0v) is 10.7. The Hall–Kier alpha value is 0.01000. The summed E-state index contributed by atoms with van der Waals surface area (Å²) in [4.78, 5) is 0. The van der Waals surface area contributed by atoms with Crippen LogP contribution in [0.4, 0.5) is 0 Å². The van der Waals surface area contributed by atoms with E-state index in [-0.39, 0.29) is 0 Å². The van der Waals surface area contributed by atoms with Crippen molar-refractivity contribution in [2.75, 3.05) is 18.8 Å². The van der Waals surface area contributed by atoms with Crippen LogP contribution in [0.15, 0.2) is 28.7 Å². The van der Waals surface area contributed by atoms with E-state index in [1.807, 2.05) is 0 Å². The van der Waals surface area contributed by atoms with Crippen LogP contribution in [-0.4, -0.2) is 18.8 Å². The smallest absolute Gasteiger partial charge is 0.0178 e. The van der Waals surface area contributed by atoms with Gasteiger partial charge >= 0.3 is 0 Å². The molecule has 0 bridgehead atoms. The topological polar surface area (TPSA) is 12.0 Å². The third-order valence-corrected chi connectivity index (χ3v) is 2.80. The first kappa shape index (κ1) is 12.1. The molecule has 0 aromatic heterocycles. The van der Waals surface area contributed by atoms with Crippen LogP contribution in [0.3, 0.4) is 0 Å². The molecule has 1 nitrogen and oxygen atoms in total. The Morgan fingerprint density at radius 1 is 1.29 bits per heavy atom. The van der Waals surface area contributed by atoms with Gasteiger partial charge in [0.05, 0.1) is 0 Å². The summed E-state index contributed by atoms with van der Waals surface area (Å²) < 4.78 is 1.16. The van der Waals surface area contributed by atoms with Crippen molar-refractivity contribution in [3.05, 3.63) is 34.3 Å². The molecule has 0 heterocycles. The summed E-state index contributed by atoms with van der Waals surface area (Å²) in [5.41, 5.74) is 1.37. The van der Waals surface area contributed by atoms with Gasteiger partial charge in [0.25, 0.3) is 0 Å². The molecule has 0 saturated carbocycles. The lowest BCUT2D eigenvalue weighted by molar-refractivity contribution is 0.675. The van der Waals surface area contributed by atoms with E-state index in [9.17, 15) is 0 Å². The highest BCUT2D eigenvalue weighted by Gasteiger charge is 1.93. The van der Waals surface area contributed by atoms with E-state index in [4.69, 9.17) is 0 Å². The first-order valence-electron chi connectivity index (χ1n) is 4.89. The van der Waals surface area contributed by atoms with Gasteiger partial charge in [0.1, 0.15) is 0 Å². The summed E-state index contributed by atoms with van der Waals surface area (Å²) in [7, 11) is 0. The zero-order chi connectivity index (χ0) is 10.2. The number of hydrogen-bond donors (Lipinski definition) is 2. The van der Waals surface area contributed by atoms with Gasteiger partial charge in [-0.1, -0.05) is 28.1 Å². The van der Waals surface area contributed by atoms with Gasteiger partial charge < -0.3 is 5.32 Å². The molecule has 1 aromatic carbocycles. The summed E-state index contributed by atoms with van der Waals surface area (Å²) >= 11 is 7.63. The molecule has 1 aromatic rings. The summed E-state index contributed by atoms with van der Waals surface area (Å²) in [6.45, 7) is 2.11. The summed E-state index contributed by atoms with van der Waals surface area (Å²) in [6.07, 6.45) is 2.23. The second-order valence-corrected chi connectivity index (χ2v) is 4.57. The fourth-order valence-corrected chi connectivity index (χ4v) is 1.86. The Labute approximate surface area is 99.8 Å². The fraction of sp³-hybridized carbons (Fsp3) is 0.455. The lowest BCUT2D eigenvalue weighted by Gasteiger charge is -2.04. The monoisotopic (exact) mass is 273 g/mol. The van der Waals surface area contributed by atoms with Crippen LogP contribution in [0.1, 0.15) is 12.0 Å². The maximum atomic E-state index is 4.16. The lowest BCUT2D eigenvalue weighted by Crippen LogP contribution is -2.18. The molecule has 0 aliphatic heterocycles. The minimum atomic E-state index is 0.962. The van der Waals surface area contributed by atoms with Crippen molar-refractivity contribution in [1.29, 1.82) is 0 Å². The fourth-order valence-electron chi connectivity index (χ4n) is 1.25. The molecule has 0 saturated heterocycles. The standard InChI is InChI=1S/C11H16BrNS/c12-11-4-1-3-10(9-11)5-7-13-6-2-8-14/h1,3-4,9,13-14H,2,5-8H2. The first-order chi connectivity index (χ1) is 6.83. The third kappa shape index (κ3) is 5.03. The summed E-state index contributed by atoms with van der Waals surface area (Å²) in [5, 5.41) is 3.39. The van der Waals surface area contributed by atoms with Crippen molar-refractivity contribution in [3.63, 3.8) is 0 Å². The van der Waals surface area contributed by atoms with Gasteiger partial charge in [0.2, 0.25) is 0 Å². The molecule has 0 amide bonds. The van der Waals surface area contributed by atoms with Gasteiger partial charge in [-0.05, 0) is 49.4 Å². The highest BCUT2D eigenvalue weighted by atomic mass is 79.9. The Morgan fingerprint density at radius 3 is 2.86 bits per heavy atom.